The number of rotatable bonds is 2. The van der Waals surface area contributed by atoms with Crippen LogP contribution in [0.15, 0.2) is 24.3 Å². The zero-order valence-corrected chi connectivity index (χ0v) is 13.8. The summed E-state index contributed by atoms with van der Waals surface area (Å²) in [6, 6.07) is 8.32. The predicted molar refractivity (Wildman–Crippen MR) is 87.2 cm³/mol. The Morgan fingerprint density at radius 2 is 1.78 bits per heavy atom. The van der Waals surface area contributed by atoms with Crippen LogP contribution in [0.3, 0.4) is 0 Å². The van der Waals surface area contributed by atoms with E-state index in [1.165, 1.54) is 18.2 Å². The molecule has 0 radical (unpaired) electrons. The molecule has 1 heterocycles. The standard InChI is InChI=1S/C18H24N2O3/c1-13-6-3-4-7-14(13)15-12-16(15)17(21)19-8-5-9-20(11-10-19)18(22)23-2/h3-4,6-7,15-16H,5,8-12H2,1-2H3/t15-,16+/m0/s1. The van der Waals surface area contributed by atoms with Gasteiger partial charge in [-0.1, -0.05) is 24.3 Å². The summed E-state index contributed by atoms with van der Waals surface area (Å²) in [5.41, 5.74) is 2.57. The number of hydrogen-bond acceptors (Lipinski definition) is 3. The normalized spacial score (nSPS) is 24.1. The van der Waals surface area contributed by atoms with E-state index in [4.69, 9.17) is 4.74 Å². The van der Waals surface area contributed by atoms with Crippen molar-refractivity contribution >= 4 is 12.0 Å². The van der Waals surface area contributed by atoms with E-state index in [0.717, 1.165) is 19.4 Å². The first-order chi connectivity index (χ1) is 11.1. The highest BCUT2D eigenvalue weighted by Crippen LogP contribution is 2.49. The molecule has 5 heteroatoms. The summed E-state index contributed by atoms with van der Waals surface area (Å²) in [6.07, 6.45) is 1.45. The maximum atomic E-state index is 12.7. The van der Waals surface area contributed by atoms with E-state index in [9.17, 15) is 9.59 Å². The second kappa shape index (κ2) is 6.60. The number of methoxy groups -OCH3 is 1. The molecule has 0 spiro atoms. The van der Waals surface area contributed by atoms with Gasteiger partial charge in [0.25, 0.3) is 0 Å². The molecule has 0 aromatic heterocycles. The molecule has 0 bridgehead atoms. The number of benzene rings is 1. The van der Waals surface area contributed by atoms with Gasteiger partial charge in [0.1, 0.15) is 0 Å². The molecule has 3 rings (SSSR count). The van der Waals surface area contributed by atoms with Crippen LogP contribution in [0.5, 0.6) is 0 Å². The lowest BCUT2D eigenvalue weighted by molar-refractivity contribution is -0.132. The molecule has 1 saturated heterocycles. The monoisotopic (exact) mass is 316 g/mol. The predicted octanol–water partition coefficient (Wildman–Crippen LogP) is 2.40. The van der Waals surface area contributed by atoms with Crippen LogP contribution in [0.2, 0.25) is 0 Å². The quantitative estimate of drug-likeness (QED) is 0.842. The second-order valence-corrected chi connectivity index (χ2v) is 6.44. The Morgan fingerprint density at radius 3 is 2.52 bits per heavy atom. The molecule has 0 unspecified atom stereocenters. The van der Waals surface area contributed by atoms with Crippen LogP contribution in [0, 0.1) is 12.8 Å². The lowest BCUT2D eigenvalue weighted by atomic mass is 10.0. The van der Waals surface area contributed by atoms with Crippen molar-refractivity contribution in [1.82, 2.24) is 9.80 Å². The van der Waals surface area contributed by atoms with Gasteiger partial charge in [-0.15, -0.1) is 0 Å². The van der Waals surface area contributed by atoms with Crippen molar-refractivity contribution in [2.24, 2.45) is 5.92 Å². The number of hydrogen-bond donors (Lipinski definition) is 0. The van der Waals surface area contributed by atoms with Crippen LogP contribution >= 0.6 is 0 Å². The van der Waals surface area contributed by atoms with Crippen LogP contribution in [-0.4, -0.2) is 55.1 Å². The summed E-state index contributed by atoms with van der Waals surface area (Å²) >= 11 is 0. The molecular weight excluding hydrogens is 292 g/mol. The largest absolute Gasteiger partial charge is 0.453 e. The molecule has 2 atom stereocenters. The molecular formula is C18H24N2O3. The average molecular weight is 316 g/mol. The number of amides is 2. The number of nitrogens with zero attached hydrogens (tertiary/aromatic N) is 2. The van der Waals surface area contributed by atoms with E-state index in [-0.39, 0.29) is 17.9 Å². The lowest BCUT2D eigenvalue weighted by Crippen LogP contribution is -2.38. The van der Waals surface area contributed by atoms with Gasteiger partial charge in [-0.3, -0.25) is 4.79 Å². The Kier molecular flexibility index (Phi) is 4.55. The van der Waals surface area contributed by atoms with Crippen molar-refractivity contribution in [2.75, 3.05) is 33.3 Å². The topological polar surface area (TPSA) is 49.9 Å². The molecule has 23 heavy (non-hydrogen) atoms. The van der Waals surface area contributed by atoms with Gasteiger partial charge < -0.3 is 14.5 Å². The Labute approximate surface area is 137 Å². The summed E-state index contributed by atoms with van der Waals surface area (Å²) in [5, 5.41) is 0. The second-order valence-electron chi connectivity index (χ2n) is 6.44. The van der Waals surface area contributed by atoms with Gasteiger partial charge in [0.15, 0.2) is 0 Å². The van der Waals surface area contributed by atoms with Gasteiger partial charge in [-0.25, -0.2) is 4.79 Å². The first kappa shape index (κ1) is 15.8. The Balaban J connectivity index is 1.60. The molecule has 5 nitrogen and oxygen atoms in total. The molecule has 1 aromatic carbocycles. The van der Waals surface area contributed by atoms with Gasteiger partial charge in [0, 0.05) is 32.1 Å². The summed E-state index contributed by atoms with van der Waals surface area (Å²) < 4.78 is 4.77. The van der Waals surface area contributed by atoms with Gasteiger partial charge in [0.2, 0.25) is 5.91 Å². The van der Waals surface area contributed by atoms with E-state index >= 15 is 0 Å². The third-order valence-electron chi connectivity index (χ3n) is 4.94. The lowest BCUT2D eigenvalue weighted by Gasteiger charge is -2.21. The summed E-state index contributed by atoms with van der Waals surface area (Å²) in [6.45, 7) is 4.64. The van der Waals surface area contributed by atoms with Gasteiger partial charge in [0.05, 0.1) is 7.11 Å². The fourth-order valence-corrected chi connectivity index (χ4v) is 3.50. The third-order valence-corrected chi connectivity index (χ3v) is 4.94. The molecule has 2 amide bonds. The zero-order valence-electron chi connectivity index (χ0n) is 13.8. The smallest absolute Gasteiger partial charge is 0.409 e. The number of ether oxygens (including phenoxy) is 1. The van der Waals surface area contributed by atoms with Crippen LogP contribution < -0.4 is 0 Å². The average Bonchev–Trinajstić information content (AvgIpc) is 3.37. The Morgan fingerprint density at radius 1 is 1.09 bits per heavy atom. The van der Waals surface area contributed by atoms with Crippen molar-refractivity contribution < 1.29 is 14.3 Å². The minimum absolute atomic E-state index is 0.112. The fraction of sp³-hybridized carbons (Fsp3) is 0.556. The van der Waals surface area contributed by atoms with E-state index in [1.807, 2.05) is 17.0 Å². The van der Waals surface area contributed by atoms with E-state index in [1.54, 1.807) is 4.90 Å². The molecule has 1 aliphatic carbocycles. The van der Waals surface area contributed by atoms with E-state index < -0.39 is 0 Å². The first-order valence-electron chi connectivity index (χ1n) is 8.29. The Bertz CT molecular complexity index is 602. The Hall–Kier alpha value is -2.04. The maximum Gasteiger partial charge on any atom is 0.409 e. The van der Waals surface area contributed by atoms with Crippen molar-refractivity contribution in [3.63, 3.8) is 0 Å². The van der Waals surface area contributed by atoms with Crippen LogP contribution in [0.4, 0.5) is 4.79 Å². The summed E-state index contributed by atoms with van der Waals surface area (Å²) in [7, 11) is 1.40. The van der Waals surface area contributed by atoms with E-state index in [2.05, 4.69) is 19.1 Å². The van der Waals surface area contributed by atoms with Crippen LogP contribution in [-0.2, 0) is 9.53 Å². The number of carbonyl (C=O) groups excluding carboxylic acids is 2. The maximum absolute atomic E-state index is 12.7. The van der Waals surface area contributed by atoms with Crippen molar-refractivity contribution in [2.45, 2.75) is 25.7 Å². The zero-order chi connectivity index (χ0) is 16.4. The molecule has 2 fully saturated rings. The SMILES string of the molecule is COC(=O)N1CCCN(C(=O)[C@@H]2C[C@H]2c2ccccc2C)CC1. The molecule has 1 aromatic rings. The minimum atomic E-state index is -0.302. The first-order valence-corrected chi connectivity index (χ1v) is 8.29. The fourth-order valence-electron chi connectivity index (χ4n) is 3.50. The van der Waals surface area contributed by atoms with Gasteiger partial charge >= 0.3 is 6.09 Å². The minimum Gasteiger partial charge on any atom is -0.453 e. The summed E-state index contributed by atoms with van der Waals surface area (Å²) in [4.78, 5) is 28.0. The number of carbonyl (C=O) groups is 2. The van der Waals surface area contributed by atoms with Gasteiger partial charge in [-0.05, 0) is 36.8 Å². The van der Waals surface area contributed by atoms with Crippen molar-refractivity contribution in [3.05, 3.63) is 35.4 Å². The van der Waals surface area contributed by atoms with Crippen molar-refractivity contribution in [3.8, 4) is 0 Å². The third kappa shape index (κ3) is 3.33. The molecule has 1 saturated carbocycles. The highest BCUT2D eigenvalue weighted by atomic mass is 16.5. The van der Waals surface area contributed by atoms with Crippen molar-refractivity contribution in [1.29, 1.82) is 0 Å². The molecule has 0 N–H and O–H groups in total. The van der Waals surface area contributed by atoms with E-state index in [0.29, 0.717) is 25.6 Å². The van der Waals surface area contributed by atoms with Crippen LogP contribution in [0.25, 0.3) is 0 Å². The molecule has 124 valence electrons. The highest BCUT2D eigenvalue weighted by molar-refractivity contribution is 5.83. The summed E-state index contributed by atoms with van der Waals surface area (Å²) in [5.74, 6) is 0.717. The molecule has 1 aliphatic heterocycles. The van der Waals surface area contributed by atoms with Gasteiger partial charge in [-0.2, -0.15) is 0 Å². The highest BCUT2D eigenvalue weighted by Gasteiger charge is 2.46. The number of aryl methyl sites for hydroxylation is 1. The van der Waals surface area contributed by atoms with Crippen LogP contribution in [0.1, 0.15) is 29.9 Å². The molecule has 2 aliphatic rings.